The predicted molar refractivity (Wildman–Crippen MR) is 173 cm³/mol. The zero-order valence-corrected chi connectivity index (χ0v) is 26.2. The second-order valence-electron chi connectivity index (χ2n) is 10.6. The lowest BCUT2D eigenvalue weighted by Crippen LogP contribution is -2.33. The maximum absolute atomic E-state index is 14.3. The fraction of sp³-hybridized carbons (Fsp3) is 0.250. The SMILES string of the molecule is COc1cc2ccn(C(=O)N3CC(CCl)c4c3cc(NC(=O)OCc3c([N+](=O)[O-])ccn3C)c3ccccc43)c2c(OC)c1OC. The minimum atomic E-state index is -0.812. The van der Waals surface area contributed by atoms with Crippen LogP contribution >= 0.6 is 11.6 Å². The summed E-state index contributed by atoms with van der Waals surface area (Å²) in [4.78, 5) is 39.9. The van der Waals surface area contributed by atoms with Crippen LogP contribution in [0.5, 0.6) is 17.2 Å². The largest absolute Gasteiger partial charge is 0.493 e. The van der Waals surface area contributed by atoms with Crippen LogP contribution in [0, 0.1) is 10.1 Å². The van der Waals surface area contributed by atoms with Crippen LogP contribution in [0.1, 0.15) is 17.2 Å². The minimum absolute atomic E-state index is 0.148. The van der Waals surface area contributed by atoms with Crippen molar-refractivity contribution in [3.8, 4) is 17.2 Å². The lowest BCUT2D eigenvalue weighted by molar-refractivity contribution is -0.385. The summed E-state index contributed by atoms with van der Waals surface area (Å²) in [6, 6.07) is 13.7. The number of ether oxygens (including phenoxy) is 4. The molecule has 1 N–H and O–H groups in total. The summed E-state index contributed by atoms with van der Waals surface area (Å²) in [6.45, 7) is -0.0216. The highest BCUT2D eigenvalue weighted by molar-refractivity contribution is 6.19. The van der Waals surface area contributed by atoms with Crippen molar-refractivity contribution in [2.24, 2.45) is 7.05 Å². The number of methoxy groups -OCH3 is 3. The summed E-state index contributed by atoms with van der Waals surface area (Å²) >= 11 is 6.47. The summed E-state index contributed by atoms with van der Waals surface area (Å²) in [6.07, 6.45) is 2.37. The van der Waals surface area contributed by atoms with Gasteiger partial charge in [-0.3, -0.25) is 24.9 Å². The van der Waals surface area contributed by atoms with Gasteiger partial charge < -0.3 is 23.5 Å². The molecule has 0 saturated carbocycles. The third-order valence-corrected chi connectivity index (χ3v) is 8.59. The Bertz CT molecular complexity index is 2020. The summed E-state index contributed by atoms with van der Waals surface area (Å²) in [5.74, 6) is 1.21. The Kier molecular flexibility index (Phi) is 8.09. The molecule has 1 unspecified atom stereocenters. The van der Waals surface area contributed by atoms with Crippen molar-refractivity contribution in [1.82, 2.24) is 9.13 Å². The van der Waals surface area contributed by atoms with E-state index in [1.165, 1.54) is 42.7 Å². The first kappa shape index (κ1) is 30.6. The number of anilines is 2. The van der Waals surface area contributed by atoms with Crippen LogP contribution in [-0.4, -0.2) is 59.9 Å². The molecule has 238 valence electrons. The first-order chi connectivity index (χ1) is 22.2. The van der Waals surface area contributed by atoms with E-state index < -0.39 is 11.0 Å². The Labute approximate surface area is 267 Å². The smallest absolute Gasteiger partial charge is 0.412 e. The van der Waals surface area contributed by atoms with Crippen molar-refractivity contribution < 1.29 is 33.5 Å². The number of carbonyl (C=O) groups is 2. The van der Waals surface area contributed by atoms with Crippen LogP contribution in [0.3, 0.4) is 0 Å². The average molecular weight is 648 g/mol. The maximum Gasteiger partial charge on any atom is 0.412 e. The van der Waals surface area contributed by atoms with Gasteiger partial charge in [-0.2, -0.15) is 0 Å². The maximum atomic E-state index is 14.3. The number of hydrogen-bond acceptors (Lipinski definition) is 8. The highest BCUT2D eigenvalue weighted by Gasteiger charge is 2.36. The first-order valence-corrected chi connectivity index (χ1v) is 14.7. The molecule has 5 aromatic rings. The lowest BCUT2D eigenvalue weighted by atomic mass is 9.95. The predicted octanol–water partition coefficient (Wildman–Crippen LogP) is 6.63. The zero-order valence-electron chi connectivity index (χ0n) is 25.4. The topological polar surface area (TPSA) is 139 Å². The molecule has 0 radical (unpaired) electrons. The van der Waals surface area contributed by atoms with Crippen LogP contribution in [0.25, 0.3) is 21.7 Å². The Morgan fingerprint density at radius 3 is 2.43 bits per heavy atom. The number of hydrogen-bond donors (Lipinski definition) is 1. The van der Waals surface area contributed by atoms with Gasteiger partial charge in [0.25, 0.3) is 5.69 Å². The van der Waals surface area contributed by atoms with Gasteiger partial charge in [0, 0.05) is 54.6 Å². The summed E-state index contributed by atoms with van der Waals surface area (Å²) in [7, 11) is 6.14. The zero-order chi connectivity index (χ0) is 32.7. The molecular weight excluding hydrogens is 618 g/mol. The molecule has 3 heterocycles. The van der Waals surface area contributed by atoms with Gasteiger partial charge in [0.1, 0.15) is 17.8 Å². The van der Waals surface area contributed by atoms with Gasteiger partial charge in [0.2, 0.25) is 5.75 Å². The highest BCUT2D eigenvalue weighted by atomic mass is 35.5. The second-order valence-corrected chi connectivity index (χ2v) is 10.9. The number of aryl methyl sites for hydroxylation is 1. The quantitative estimate of drug-likeness (QED) is 0.113. The molecule has 0 fully saturated rings. The number of halogens is 1. The molecule has 6 rings (SSSR count). The van der Waals surface area contributed by atoms with Crippen molar-refractivity contribution in [2.75, 3.05) is 44.0 Å². The average Bonchev–Trinajstić information content (AvgIpc) is 3.77. The van der Waals surface area contributed by atoms with E-state index in [0.717, 1.165) is 16.3 Å². The standard InChI is InChI=1S/C32H30ClN5O8/c1-35-11-10-23(38(41)42)25(35)17-46-31(39)34-22-14-24-27(21-8-6-5-7-20(21)22)19(15-33)16-37(24)32(40)36-12-9-18-13-26(43-2)29(44-3)30(45-4)28(18)36/h5-14,19H,15-17H2,1-4H3,(H,34,39). The van der Waals surface area contributed by atoms with Crippen LogP contribution in [-0.2, 0) is 18.4 Å². The molecule has 13 nitrogen and oxygen atoms in total. The van der Waals surface area contributed by atoms with Crippen molar-refractivity contribution >= 4 is 62.5 Å². The summed E-state index contributed by atoms with van der Waals surface area (Å²) in [5.41, 5.74) is 2.44. The Morgan fingerprint density at radius 1 is 1.02 bits per heavy atom. The van der Waals surface area contributed by atoms with Gasteiger partial charge in [-0.15, -0.1) is 11.6 Å². The van der Waals surface area contributed by atoms with E-state index in [1.54, 1.807) is 36.3 Å². The number of aromatic nitrogens is 2. The van der Waals surface area contributed by atoms with Crippen LogP contribution in [0.4, 0.5) is 26.7 Å². The molecule has 0 aliphatic carbocycles. The van der Waals surface area contributed by atoms with Gasteiger partial charge in [-0.05, 0) is 29.1 Å². The number of carbonyl (C=O) groups excluding carboxylic acids is 2. The van der Waals surface area contributed by atoms with E-state index in [-0.39, 0.29) is 35.8 Å². The molecule has 3 aromatic carbocycles. The van der Waals surface area contributed by atoms with E-state index in [2.05, 4.69) is 5.32 Å². The number of nitro groups is 1. The van der Waals surface area contributed by atoms with Gasteiger partial charge >= 0.3 is 12.1 Å². The highest BCUT2D eigenvalue weighted by Crippen LogP contribution is 2.47. The number of rotatable bonds is 8. The third kappa shape index (κ3) is 4.98. The van der Waals surface area contributed by atoms with Crippen LogP contribution < -0.4 is 24.4 Å². The first-order valence-electron chi connectivity index (χ1n) is 14.2. The van der Waals surface area contributed by atoms with Crippen molar-refractivity contribution in [3.63, 3.8) is 0 Å². The monoisotopic (exact) mass is 647 g/mol. The van der Waals surface area contributed by atoms with Gasteiger partial charge in [0.05, 0.1) is 37.6 Å². The fourth-order valence-electron chi connectivity index (χ4n) is 6.08. The van der Waals surface area contributed by atoms with Crippen molar-refractivity contribution in [2.45, 2.75) is 12.5 Å². The summed E-state index contributed by atoms with van der Waals surface area (Å²) < 4.78 is 25.2. The van der Waals surface area contributed by atoms with Crippen LogP contribution in [0.15, 0.2) is 60.9 Å². The van der Waals surface area contributed by atoms with Crippen molar-refractivity contribution in [1.29, 1.82) is 0 Å². The number of nitrogens with zero attached hydrogens (tertiary/aromatic N) is 4. The molecule has 1 aliphatic heterocycles. The van der Waals surface area contributed by atoms with E-state index in [4.69, 9.17) is 30.5 Å². The number of alkyl halides is 1. The molecule has 2 amide bonds. The molecule has 0 saturated heterocycles. The summed E-state index contributed by atoms with van der Waals surface area (Å²) in [5, 5.41) is 16.4. The molecule has 0 bridgehead atoms. The molecule has 2 aromatic heterocycles. The molecule has 46 heavy (non-hydrogen) atoms. The van der Waals surface area contributed by atoms with E-state index in [1.807, 2.05) is 24.3 Å². The lowest BCUT2D eigenvalue weighted by Gasteiger charge is -2.21. The third-order valence-electron chi connectivity index (χ3n) is 8.22. The van der Waals surface area contributed by atoms with E-state index in [0.29, 0.717) is 46.1 Å². The Hall–Kier alpha value is -5.43. The number of fused-ring (bicyclic) bond motifs is 4. The fourth-order valence-corrected chi connectivity index (χ4v) is 6.33. The molecule has 0 spiro atoms. The number of nitrogens with one attached hydrogen (secondary N) is 1. The Morgan fingerprint density at radius 2 is 1.76 bits per heavy atom. The molecule has 1 aliphatic rings. The van der Waals surface area contributed by atoms with Gasteiger partial charge in [-0.25, -0.2) is 9.59 Å². The van der Waals surface area contributed by atoms with Gasteiger partial charge in [0.15, 0.2) is 11.5 Å². The van der Waals surface area contributed by atoms with Crippen LogP contribution in [0.2, 0.25) is 0 Å². The normalized spacial score (nSPS) is 13.9. The Balaban J connectivity index is 1.39. The van der Waals surface area contributed by atoms with Gasteiger partial charge in [-0.1, -0.05) is 24.3 Å². The van der Waals surface area contributed by atoms with Crippen molar-refractivity contribution in [3.05, 3.63) is 82.3 Å². The number of amides is 2. The molecular formula is C32H30ClN5O8. The minimum Gasteiger partial charge on any atom is -0.493 e. The number of benzene rings is 3. The van der Waals surface area contributed by atoms with E-state index in [9.17, 15) is 19.7 Å². The molecule has 1 atom stereocenters. The molecule has 14 heteroatoms. The van der Waals surface area contributed by atoms with E-state index >= 15 is 0 Å². The second kappa shape index (κ2) is 12.2.